The number of nitrogens with one attached hydrogen (secondary N) is 1. The van der Waals surface area contributed by atoms with Crippen molar-refractivity contribution in [2.24, 2.45) is 5.10 Å². The molecule has 2 rings (SSSR count). The molecule has 0 radical (unpaired) electrons. The molecule has 0 aliphatic rings. The van der Waals surface area contributed by atoms with Gasteiger partial charge in [-0.25, -0.2) is 5.43 Å². The van der Waals surface area contributed by atoms with Crippen LogP contribution in [0.3, 0.4) is 0 Å². The topological polar surface area (TPSA) is 81.9 Å². The van der Waals surface area contributed by atoms with Gasteiger partial charge in [0.05, 0.1) is 6.21 Å². The van der Waals surface area contributed by atoms with Gasteiger partial charge in [0.25, 0.3) is 5.91 Å². The molecule has 0 atom stereocenters. The van der Waals surface area contributed by atoms with Crippen molar-refractivity contribution in [2.45, 2.75) is 6.92 Å². The van der Waals surface area contributed by atoms with Crippen molar-refractivity contribution in [1.82, 2.24) is 5.43 Å². The third kappa shape index (κ3) is 3.14. The highest BCUT2D eigenvalue weighted by Gasteiger charge is 2.05. The van der Waals surface area contributed by atoms with E-state index in [4.69, 9.17) is 0 Å². The van der Waals surface area contributed by atoms with Crippen molar-refractivity contribution in [3.05, 3.63) is 59.2 Å². The molecule has 0 heterocycles. The predicted octanol–water partition coefficient (Wildman–Crippen LogP) is 2.17. The molecular formula is C15H14N2O3. The molecule has 0 saturated heterocycles. The predicted molar refractivity (Wildman–Crippen MR) is 76.0 cm³/mol. The molecule has 0 aliphatic carbocycles. The fourth-order valence-corrected chi connectivity index (χ4v) is 1.58. The summed E-state index contributed by atoms with van der Waals surface area (Å²) < 4.78 is 0. The summed E-state index contributed by atoms with van der Waals surface area (Å²) in [5.41, 5.74) is 4.22. The van der Waals surface area contributed by atoms with E-state index in [0.717, 1.165) is 5.56 Å². The number of aryl methyl sites for hydroxylation is 1. The van der Waals surface area contributed by atoms with Gasteiger partial charge in [0.15, 0.2) is 11.5 Å². The maximum absolute atomic E-state index is 11.8. The molecule has 0 saturated carbocycles. The summed E-state index contributed by atoms with van der Waals surface area (Å²) in [6.07, 6.45) is 1.27. The van der Waals surface area contributed by atoms with Gasteiger partial charge in [-0.3, -0.25) is 4.79 Å². The van der Waals surface area contributed by atoms with Gasteiger partial charge in [0, 0.05) is 11.1 Å². The second-order valence-corrected chi connectivity index (χ2v) is 4.28. The first kappa shape index (κ1) is 13.6. The summed E-state index contributed by atoms with van der Waals surface area (Å²) in [5, 5.41) is 22.6. The van der Waals surface area contributed by atoms with Crippen molar-refractivity contribution in [1.29, 1.82) is 0 Å². The van der Waals surface area contributed by atoms with Crippen LogP contribution >= 0.6 is 0 Å². The summed E-state index contributed by atoms with van der Waals surface area (Å²) in [6, 6.07) is 11.6. The molecule has 5 nitrogen and oxygen atoms in total. The van der Waals surface area contributed by atoms with Crippen molar-refractivity contribution in [3.63, 3.8) is 0 Å². The minimum atomic E-state index is -0.346. The Morgan fingerprint density at radius 2 is 1.85 bits per heavy atom. The normalized spacial score (nSPS) is 10.7. The number of hydrogen-bond donors (Lipinski definition) is 3. The van der Waals surface area contributed by atoms with E-state index < -0.39 is 0 Å². The Labute approximate surface area is 116 Å². The van der Waals surface area contributed by atoms with E-state index in [9.17, 15) is 15.0 Å². The maximum Gasteiger partial charge on any atom is 0.271 e. The number of aromatic hydroxyl groups is 2. The van der Waals surface area contributed by atoms with Gasteiger partial charge in [-0.2, -0.15) is 5.10 Å². The van der Waals surface area contributed by atoms with E-state index in [2.05, 4.69) is 10.5 Å². The Bertz CT molecular complexity index is 649. The number of nitrogens with zero attached hydrogens (tertiary/aromatic N) is 1. The fraction of sp³-hybridized carbons (Fsp3) is 0.0667. The van der Waals surface area contributed by atoms with E-state index in [0.29, 0.717) is 11.1 Å². The van der Waals surface area contributed by atoms with Crippen LogP contribution in [0.5, 0.6) is 11.5 Å². The van der Waals surface area contributed by atoms with E-state index >= 15 is 0 Å². The van der Waals surface area contributed by atoms with Crippen LogP contribution in [0.4, 0.5) is 0 Å². The molecular weight excluding hydrogens is 256 g/mol. The first-order valence-corrected chi connectivity index (χ1v) is 5.99. The highest BCUT2D eigenvalue weighted by molar-refractivity contribution is 5.95. The number of carbonyl (C=O) groups is 1. The number of para-hydroxylation sites is 1. The van der Waals surface area contributed by atoms with Gasteiger partial charge in [0.2, 0.25) is 0 Å². The second-order valence-electron chi connectivity index (χ2n) is 4.28. The lowest BCUT2D eigenvalue weighted by molar-refractivity contribution is 0.0955. The molecule has 1 amide bonds. The van der Waals surface area contributed by atoms with E-state index in [1.807, 2.05) is 19.1 Å². The van der Waals surface area contributed by atoms with Crippen molar-refractivity contribution in [2.75, 3.05) is 0 Å². The molecule has 2 aromatic carbocycles. The first-order chi connectivity index (χ1) is 9.58. The Morgan fingerprint density at radius 3 is 2.55 bits per heavy atom. The lowest BCUT2D eigenvalue weighted by Gasteiger charge is -2.02. The minimum Gasteiger partial charge on any atom is -0.504 e. The summed E-state index contributed by atoms with van der Waals surface area (Å²) in [7, 11) is 0. The van der Waals surface area contributed by atoms with Crippen LogP contribution in [-0.2, 0) is 0 Å². The SMILES string of the molecule is Cc1ccc(C(=O)NN=Cc2cccc(O)c2O)cc1. The fourth-order valence-electron chi connectivity index (χ4n) is 1.58. The number of amides is 1. The van der Waals surface area contributed by atoms with Gasteiger partial charge in [-0.1, -0.05) is 23.8 Å². The number of carbonyl (C=O) groups excluding carboxylic acids is 1. The third-order valence-electron chi connectivity index (χ3n) is 2.73. The van der Waals surface area contributed by atoms with Crippen LogP contribution in [0.25, 0.3) is 0 Å². The molecule has 0 spiro atoms. The molecule has 0 fully saturated rings. The number of phenols is 2. The van der Waals surface area contributed by atoms with E-state index in [1.54, 1.807) is 24.3 Å². The zero-order chi connectivity index (χ0) is 14.5. The van der Waals surface area contributed by atoms with Crippen molar-refractivity contribution >= 4 is 12.1 Å². The second kappa shape index (κ2) is 5.88. The van der Waals surface area contributed by atoms with Gasteiger partial charge in [0.1, 0.15) is 0 Å². The number of hydrazone groups is 1. The molecule has 0 aromatic heterocycles. The number of hydrogen-bond acceptors (Lipinski definition) is 4. The number of rotatable bonds is 3. The quantitative estimate of drug-likeness (QED) is 0.454. The Morgan fingerprint density at radius 1 is 1.15 bits per heavy atom. The Kier molecular flexibility index (Phi) is 4.00. The van der Waals surface area contributed by atoms with Crippen LogP contribution in [0.15, 0.2) is 47.6 Å². The standard InChI is InChI=1S/C15H14N2O3/c1-10-5-7-11(8-6-10)15(20)17-16-9-12-3-2-4-13(18)14(12)19/h2-9,18-19H,1H3,(H,17,20). The van der Waals surface area contributed by atoms with Crippen molar-refractivity contribution in [3.8, 4) is 11.5 Å². The molecule has 102 valence electrons. The lowest BCUT2D eigenvalue weighted by Crippen LogP contribution is -2.17. The van der Waals surface area contributed by atoms with Gasteiger partial charge >= 0.3 is 0 Å². The number of phenolic OH excluding ortho intramolecular Hbond substituents is 2. The molecule has 0 bridgehead atoms. The zero-order valence-electron chi connectivity index (χ0n) is 10.9. The average molecular weight is 270 g/mol. The Hall–Kier alpha value is -2.82. The molecule has 0 unspecified atom stereocenters. The highest BCUT2D eigenvalue weighted by Crippen LogP contribution is 2.26. The Balaban J connectivity index is 2.04. The molecule has 0 aliphatic heterocycles. The molecule has 2 aromatic rings. The summed E-state index contributed by atoms with van der Waals surface area (Å²) >= 11 is 0. The van der Waals surface area contributed by atoms with Gasteiger partial charge in [-0.05, 0) is 31.2 Å². The van der Waals surface area contributed by atoms with E-state index in [-0.39, 0.29) is 17.4 Å². The maximum atomic E-state index is 11.8. The largest absolute Gasteiger partial charge is 0.504 e. The van der Waals surface area contributed by atoms with Crippen LogP contribution in [0, 0.1) is 6.92 Å². The molecule has 5 heteroatoms. The third-order valence-corrected chi connectivity index (χ3v) is 2.73. The van der Waals surface area contributed by atoms with Crippen LogP contribution in [-0.4, -0.2) is 22.3 Å². The summed E-state index contributed by atoms with van der Waals surface area (Å²) in [6.45, 7) is 1.94. The molecule has 20 heavy (non-hydrogen) atoms. The van der Waals surface area contributed by atoms with Crippen LogP contribution in [0.1, 0.15) is 21.5 Å². The monoisotopic (exact) mass is 270 g/mol. The van der Waals surface area contributed by atoms with Crippen molar-refractivity contribution < 1.29 is 15.0 Å². The number of benzene rings is 2. The summed E-state index contributed by atoms with van der Waals surface area (Å²) in [4.78, 5) is 11.8. The van der Waals surface area contributed by atoms with Crippen LogP contribution in [0.2, 0.25) is 0 Å². The van der Waals surface area contributed by atoms with Gasteiger partial charge < -0.3 is 10.2 Å². The highest BCUT2D eigenvalue weighted by atomic mass is 16.3. The minimum absolute atomic E-state index is 0.237. The first-order valence-electron chi connectivity index (χ1n) is 5.99. The average Bonchev–Trinajstić information content (AvgIpc) is 2.44. The summed E-state index contributed by atoms with van der Waals surface area (Å²) in [5.74, 6) is -0.861. The lowest BCUT2D eigenvalue weighted by atomic mass is 10.1. The van der Waals surface area contributed by atoms with Crippen LogP contribution < -0.4 is 5.43 Å². The zero-order valence-corrected chi connectivity index (χ0v) is 10.9. The molecule has 3 N–H and O–H groups in total. The van der Waals surface area contributed by atoms with E-state index in [1.165, 1.54) is 12.3 Å². The van der Waals surface area contributed by atoms with Gasteiger partial charge in [-0.15, -0.1) is 0 Å². The smallest absolute Gasteiger partial charge is 0.271 e.